The molecule has 1 unspecified atom stereocenters. The van der Waals surface area contributed by atoms with Gasteiger partial charge in [-0.05, 0) is 62.1 Å². The quantitative estimate of drug-likeness (QED) is 0.197. The highest BCUT2D eigenvalue weighted by molar-refractivity contribution is 7.71. The number of carbonyl (C=O) groups is 2. The molecule has 1 atom stereocenters. The zero-order valence-electron chi connectivity index (χ0n) is 19.6. The third-order valence-corrected chi connectivity index (χ3v) is 7.47. The van der Waals surface area contributed by atoms with Crippen molar-refractivity contribution in [2.45, 2.75) is 40.0 Å². The molecule has 0 saturated heterocycles. The Balaban J connectivity index is 2.38. The van der Waals surface area contributed by atoms with Crippen LogP contribution in [0.1, 0.15) is 59.7 Å². The summed E-state index contributed by atoms with van der Waals surface area (Å²) in [5.74, 6) is -1.22. The van der Waals surface area contributed by atoms with Crippen molar-refractivity contribution in [3.63, 3.8) is 0 Å². The van der Waals surface area contributed by atoms with Gasteiger partial charge in [-0.1, -0.05) is 41.0 Å². The van der Waals surface area contributed by atoms with E-state index >= 15 is 0 Å². The van der Waals surface area contributed by atoms with E-state index in [2.05, 4.69) is 0 Å². The molecule has 0 N–H and O–H groups in total. The van der Waals surface area contributed by atoms with Crippen molar-refractivity contribution < 1.29 is 40.5 Å². The molecule has 0 spiro atoms. The first-order valence-corrected chi connectivity index (χ1v) is 11.8. The van der Waals surface area contributed by atoms with Gasteiger partial charge in [-0.3, -0.25) is 4.79 Å². The SMILES string of the molecule is Cc1cc(C)c(C(=O)[P+](=O)c2c(C(F)(F)F)ccc(C(=O)c3ccccc3)c2C(F)(F)F)c(C)c1C. The maximum absolute atomic E-state index is 14.3. The number of carbonyl (C=O) groups excluding carboxylic acids is 2. The molecule has 0 heterocycles. The molecule has 0 fully saturated rings. The largest absolute Gasteiger partial charge is 0.459 e. The lowest BCUT2D eigenvalue weighted by molar-refractivity contribution is -0.141. The van der Waals surface area contributed by atoms with Crippen LogP contribution in [-0.4, -0.2) is 11.3 Å². The molecule has 0 saturated carbocycles. The minimum atomic E-state index is -5.52. The maximum Gasteiger partial charge on any atom is 0.459 e. The predicted octanol–water partition coefficient (Wildman–Crippen LogP) is 7.48. The predicted molar refractivity (Wildman–Crippen MR) is 123 cm³/mol. The third kappa shape index (κ3) is 4.98. The van der Waals surface area contributed by atoms with Gasteiger partial charge in [0.25, 0.3) is 0 Å². The standard InChI is InChI=1S/C26H20F6O3P/c1-13-12-14(2)20(16(4)15(13)3)24(34)36(35)23-19(25(27,28)29)11-10-18(21(23)26(30,31)32)22(33)17-8-6-5-7-9-17/h5-12H,1-4H3/q+1. The van der Waals surface area contributed by atoms with E-state index in [4.69, 9.17) is 0 Å². The summed E-state index contributed by atoms with van der Waals surface area (Å²) < 4.78 is 97.9. The summed E-state index contributed by atoms with van der Waals surface area (Å²) in [7, 11) is -3.93. The monoisotopic (exact) mass is 525 g/mol. The van der Waals surface area contributed by atoms with E-state index in [0.717, 1.165) is 5.56 Å². The van der Waals surface area contributed by atoms with Crippen molar-refractivity contribution in [1.82, 2.24) is 0 Å². The van der Waals surface area contributed by atoms with Gasteiger partial charge >= 0.3 is 25.7 Å². The number of aryl methyl sites for hydroxylation is 2. The van der Waals surface area contributed by atoms with Gasteiger partial charge in [0.1, 0.15) is 11.1 Å². The second kappa shape index (κ2) is 9.62. The minimum Gasteiger partial charge on any atom is -0.289 e. The average Bonchev–Trinajstić information content (AvgIpc) is 2.80. The normalized spacial score (nSPS) is 12.4. The van der Waals surface area contributed by atoms with Gasteiger partial charge in [-0.25, -0.2) is 4.79 Å². The van der Waals surface area contributed by atoms with Crippen LogP contribution >= 0.6 is 7.80 Å². The van der Waals surface area contributed by atoms with Gasteiger partial charge < -0.3 is 0 Å². The smallest absolute Gasteiger partial charge is 0.289 e. The zero-order valence-corrected chi connectivity index (χ0v) is 20.5. The Morgan fingerprint density at radius 3 is 1.86 bits per heavy atom. The molecule has 0 amide bonds. The van der Waals surface area contributed by atoms with E-state index < -0.39 is 53.5 Å². The highest BCUT2D eigenvalue weighted by atomic mass is 31.1. The molecule has 3 nitrogen and oxygen atoms in total. The fraction of sp³-hybridized carbons (Fsp3) is 0.231. The molecule has 0 aliphatic heterocycles. The number of rotatable bonds is 5. The number of alkyl halides is 6. The summed E-state index contributed by atoms with van der Waals surface area (Å²) in [6, 6.07) is 8.88. The van der Waals surface area contributed by atoms with E-state index in [1.165, 1.54) is 44.2 Å². The molecule has 10 heteroatoms. The van der Waals surface area contributed by atoms with Gasteiger partial charge in [-0.15, -0.1) is 0 Å². The average molecular weight is 525 g/mol. The fourth-order valence-electron chi connectivity index (χ4n) is 4.07. The summed E-state index contributed by atoms with van der Waals surface area (Å²) in [5.41, 5.74) is -4.91. The summed E-state index contributed by atoms with van der Waals surface area (Å²) in [5, 5.41) is -1.74. The van der Waals surface area contributed by atoms with Crippen LogP contribution in [0.25, 0.3) is 0 Å². The van der Waals surface area contributed by atoms with E-state index in [9.17, 15) is 40.5 Å². The molecule has 3 aromatic rings. The molecule has 3 aromatic carbocycles. The van der Waals surface area contributed by atoms with Crippen LogP contribution in [0.15, 0.2) is 48.5 Å². The number of benzene rings is 3. The Hall–Kier alpha value is -3.32. The lowest BCUT2D eigenvalue weighted by atomic mass is 9.95. The van der Waals surface area contributed by atoms with E-state index in [1.807, 2.05) is 0 Å². The van der Waals surface area contributed by atoms with Crippen LogP contribution in [0.5, 0.6) is 0 Å². The molecule has 188 valence electrons. The first kappa shape index (κ1) is 27.3. The van der Waals surface area contributed by atoms with Crippen LogP contribution in [0, 0.1) is 27.7 Å². The summed E-state index contributed by atoms with van der Waals surface area (Å²) >= 11 is 0. The summed E-state index contributed by atoms with van der Waals surface area (Å²) in [4.78, 5) is 26.2. The van der Waals surface area contributed by atoms with Crippen LogP contribution in [0.2, 0.25) is 0 Å². The first-order valence-electron chi connectivity index (χ1n) is 10.6. The van der Waals surface area contributed by atoms with Crippen molar-refractivity contribution in [3.8, 4) is 0 Å². The molecule has 3 rings (SSSR count). The van der Waals surface area contributed by atoms with Crippen LogP contribution in [0.3, 0.4) is 0 Å². The Morgan fingerprint density at radius 1 is 0.750 bits per heavy atom. The molecule has 36 heavy (non-hydrogen) atoms. The van der Waals surface area contributed by atoms with Crippen LogP contribution < -0.4 is 5.30 Å². The van der Waals surface area contributed by atoms with Crippen molar-refractivity contribution in [1.29, 1.82) is 0 Å². The lowest BCUT2D eigenvalue weighted by Gasteiger charge is -2.17. The first-order chi connectivity index (χ1) is 16.6. The molecule has 0 aromatic heterocycles. The Labute approximate surface area is 203 Å². The van der Waals surface area contributed by atoms with Gasteiger partial charge in [0.05, 0.1) is 5.56 Å². The molecular formula is C26H20F6O3P+. The van der Waals surface area contributed by atoms with E-state index in [0.29, 0.717) is 17.2 Å². The Kier molecular flexibility index (Phi) is 7.29. The minimum absolute atomic E-state index is 0.208. The second-order valence-electron chi connectivity index (χ2n) is 8.31. The van der Waals surface area contributed by atoms with Crippen molar-refractivity contribution >= 4 is 24.4 Å². The van der Waals surface area contributed by atoms with Gasteiger partial charge in [0.15, 0.2) is 5.78 Å². The van der Waals surface area contributed by atoms with Crippen LogP contribution in [0.4, 0.5) is 26.3 Å². The number of halogens is 6. The molecule has 0 aliphatic carbocycles. The van der Waals surface area contributed by atoms with Gasteiger partial charge in [0.2, 0.25) is 5.30 Å². The van der Waals surface area contributed by atoms with Crippen molar-refractivity contribution in [2.24, 2.45) is 0 Å². The topological polar surface area (TPSA) is 51.2 Å². The van der Waals surface area contributed by atoms with E-state index in [1.54, 1.807) is 19.9 Å². The van der Waals surface area contributed by atoms with E-state index in [-0.39, 0.29) is 22.8 Å². The fourth-order valence-corrected chi connectivity index (χ4v) is 5.69. The number of ketones is 1. The molecule has 0 radical (unpaired) electrons. The highest BCUT2D eigenvalue weighted by Gasteiger charge is 2.53. The lowest BCUT2D eigenvalue weighted by Crippen LogP contribution is -2.30. The van der Waals surface area contributed by atoms with Crippen molar-refractivity contribution in [3.05, 3.63) is 98.6 Å². The Bertz CT molecular complexity index is 1390. The molecule has 0 aliphatic rings. The van der Waals surface area contributed by atoms with Gasteiger partial charge in [-0.2, -0.15) is 26.3 Å². The summed E-state index contributed by atoms with van der Waals surface area (Å²) in [6.07, 6.45) is -10.9. The van der Waals surface area contributed by atoms with Crippen LogP contribution in [-0.2, 0) is 16.9 Å². The third-order valence-electron chi connectivity index (χ3n) is 6.01. The summed E-state index contributed by atoms with van der Waals surface area (Å²) in [6.45, 7) is 6.30. The molecule has 0 bridgehead atoms. The number of hydrogen-bond acceptors (Lipinski definition) is 3. The van der Waals surface area contributed by atoms with Crippen molar-refractivity contribution in [2.75, 3.05) is 0 Å². The zero-order chi connectivity index (χ0) is 27.2. The second-order valence-corrected chi connectivity index (χ2v) is 9.75. The number of hydrogen-bond donors (Lipinski definition) is 0. The van der Waals surface area contributed by atoms with Gasteiger partial charge in [0, 0.05) is 11.1 Å². The Morgan fingerprint density at radius 2 is 1.33 bits per heavy atom. The maximum atomic E-state index is 14.3. The highest BCUT2D eigenvalue weighted by Crippen LogP contribution is 2.44. The molecular weight excluding hydrogens is 505 g/mol.